The number of ether oxygens (including phenoxy) is 1. The van der Waals surface area contributed by atoms with Gasteiger partial charge < -0.3 is 15.0 Å². The van der Waals surface area contributed by atoms with E-state index in [0.717, 1.165) is 0 Å². The highest BCUT2D eigenvalue weighted by Crippen LogP contribution is 2.14. The highest BCUT2D eigenvalue weighted by atomic mass is 32.1. The number of aromatic nitrogens is 2. The standard InChI is InChI=1S/C14H14F3N3O2S/c15-14(16,17)9-22-7-6-18-12(21)11-8-19-13(23)20(11)10-4-2-1-3-5-10/h1-5,8H,6-7,9H2,(H,18,21)(H,19,23). The highest BCUT2D eigenvalue weighted by Gasteiger charge is 2.27. The number of carbonyl (C=O) groups is 1. The normalized spacial score (nSPS) is 11.4. The van der Waals surface area contributed by atoms with Crippen LogP contribution in [0.2, 0.25) is 0 Å². The Hall–Kier alpha value is -2.13. The molecule has 1 amide bonds. The lowest BCUT2D eigenvalue weighted by Gasteiger charge is -2.10. The van der Waals surface area contributed by atoms with Gasteiger partial charge in [0.15, 0.2) is 4.77 Å². The highest BCUT2D eigenvalue weighted by molar-refractivity contribution is 7.71. The number of hydrogen-bond donors (Lipinski definition) is 2. The smallest absolute Gasteiger partial charge is 0.370 e. The van der Waals surface area contributed by atoms with Crippen LogP contribution in [0.25, 0.3) is 5.69 Å². The van der Waals surface area contributed by atoms with Crippen molar-refractivity contribution in [1.82, 2.24) is 14.9 Å². The van der Waals surface area contributed by atoms with Crippen LogP contribution < -0.4 is 5.32 Å². The minimum Gasteiger partial charge on any atom is -0.370 e. The molecule has 0 aliphatic rings. The van der Waals surface area contributed by atoms with Gasteiger partial charge in [0.2, 0.25) is 0 Å². The van der Waals surface area contributed by atoms with E-state index in [1.165, 1.54) is 6.20 Å². The van der Waals surface area contributed by atoms with Gasteiger partial charge in [-0.25, -0.2) is 0 Å². The third-order valence-electron chi connectivity index (χ3n) is 2.82. The van der Waals surface area contributed by atoms with Crippen molar-refractivity contribution in [1.29, 1.82) is 0 Å². The maximum Gasteiger partial charge on any atom is 0.411 e. The molecule has 0 radical (unpaired) electrons. The molecule has 0 atom stereocenters. The van der Waals surface area contributed by atoms with Gasteiger partial charge in [0.1, 0.15) is 12.3 Å². The quantitative estimate of drug-likeness (QED) is 0.625. The Labute approximate surface area is 135 Å². The molecule has 0 unspecified atom stereocenters. The summed E-state index contributed by atoms with van der Waals surface area (Å²) in [7, 11) is 0. The van der Waals surface area contributed by atoms with Gasteiger partial charge in [-0.1, -0.05) is 18.2 Å². The van der Waals surface area contributed by atoms with E-state index in [1.807, 2.05) is 6.07 Å². The fraction of sp³-hybridized carbons (Fsp3) is 0.286. The lowest BCUT2D eigenvalue weighted by Crippen LogP contribution is -2.30. The molecule has 124 valence electrons. The molecule has 1 aromatic heterocycles. The van der Waals surface area contributed by atoms with E-state index in [0.29, 0.717) is 10.5 Å². The molecule has 0 aliphatic carbocycles. The van der Waals surface area contributed by atoms with Crippen LogP contribution in [0.4, 0.5) is 13.2 Å². The van der Waals surface area contributed by atoms with Gasteiger partial charge in [0.25, 0.3) is 5.91 Å². The third kappa shape index (κ3) is 4.93. The molecule has 0 bridgehead atoms. The van der Waals surface area contributed by atoms with Crippen LogP contribution in [0.1, 0.15) is 10.5 Å². The van der Waals surface area contributed by atoms with Gasteiger partial charge in [-0.2, -0.15) is 13.2 Å². The maximum absolute atomic E-state index is 12.1. The summed E-state index contributed by atoms with van der Waals surface area (Å²) in [5.41, 5.74) is 0.967. The summed E-state index contributed by atoms with van der Waals surface area (Å²) in [6.07, 6.45) is -2.93. The van der Waals surface area contributed by atoms with E-state index < -0.39 is 18.7 Å². The van der Waals surface area contributed by atoms with Crippen LogP contribution in [0.3, 0.4) is 0 Å². The summed E-state index contributed by atoms with van der Waals surface area (Å²) >= 11 is 5.15. The zero-order valence-corrected chi connectivity index (χ0v) is 12.7. The van der Waals surface area contributed by atoms with Gasteiger partial charge in [0, 0.05) is 18.4 Å². The summed E-state index contributed by atoms with van der Waals surface area (Å²) in [4.78, 5) is 14.9. The molecule has 23 heavy (non-hydrogen) atoms. The number of amides is 1. The maximum atomic E-state index is 12.1. The molecule has 1 heterocycles. The van der Waals surface area contributed by atoms with E-state index in [2.05, 4.69) is 15.0 Å². The minimum atomic E-state index is -4.38. The fourth-order valence-corrected chi connectivity index (χ4v) is 2.15. The number of rotatable bonds is 6. The number of nitrogens with one attached hydrogen (secondary N) is 2. The first-order valence-corrected chi connectivity index (χ1v) is 7.08. The number of hydrogen-bond acceptors (Lipinski definition) is 3. The molecule has 0 saturated heterocycles. The molecule has 0 saturated carbocycles. The molecular weight excluding hydrogens is 331 g/mol. The van der Waals surface area contributed by atoms with Crippen LogP contribution in [0, 0.1) is 4.77 Å². The molecule has 5 nitrogen and oxygen atoms in total. The second-order valence-electron chi connectivity index (χ2n) is 4.57. The van der Waals surface area contributed by atoms with Crippen LogP contribution in [-0.4, -0.2) is 41.4 Å². The van der Waals surface area contributed by atoms with Gasteiger partial charge >= 0.3 is 6.18 Å². The second-order valence-corrected chi connectivity index (χ2v) is 4.96. The van der Waals surface area contributed by atoms with Crippen molar-refractivity contribution >= 4 is 18.1 Å². The Kier molecular flexibility index (Phi) is 5.56. The zero-order chi connectivity index (χ0) is 16.9. The molecule has 2 aromatic rings. The molecule has 2 N–H and O–H groups in total. The van der Waals surface area contributed by atoms with E-state index in [4.69, 9.17) is 12.2 Å². The number of carbonyl (C=O) groups excluding carboxylic acids is 1. The number of para-hydroxylation sites is 1. The van der Waals surface area contributed by atoms with E-state index in [9.17, 15) is 18.0 Å². The summed E-state index contributed by atoms with van der Waals surface area (Å²) in [5.74, 6) is -0.461. The van der Waals surface area contributed by atoms with Gasteiger partial charge in [-0.15, -0.1) is 0 Å². The Bertz CT molecular complexity index is 710. The number of aromatic amines is 1. The van der Waals surface area contributed by atoms with Crippen molar-refractivity contribution in [2.24, 2.45) is 0 Å². The third-order valence-corrected chi connectivity index (χ3v) is 3.12. The second kappa shape index (κ2) is 7.42. The summed E-state index contributed by atoms with van der Waals surface area (Å²) in [5, 5.41) is 2.49. The average Bonchev–Trinajstić information content (AvgIpc) is 2.88. The first-order chi connectivity index (χ1) is 10.9. The fourth-order valence-electron chi connectivity index (χ4n) is 1.88. The number of nitrogens with zero attached hydrogens (tertiary/aromatic N) is 1. The SMILES string of the molecule is O=C(NCCOCC(F)(F)F)c1c[nH]c(=S)n1-c1ccccc1. The number of halogens is 3. The average molecular weight is 345 g/mol. The Morgan fingerprint density at radius 3 is 2.65 bits per heavy atom. The lowest BCUT2D eigenvalue weighted by molar-refractivity contribution is -0.173. The van der Waals surface area contributed by atoms with Crippen molar-refractivity contribution in [2.75, 3.05) is 19.8 Å². The van der Waals surface area contributed by atoms with Crippen molar-refractivity contribution < 1.29 is 22.7 Å². The number of imidazole rings is 1. The topological polar surface area (TPSA) is 59.0 Å². The van der Waals surface area contributed by atoms with Gasteiger partial charge in [0.05, 0.1) is 6.61 Å². The van der Waals surface area contributed by atoms with E-state index in [1.54, 1.807) is 28.8 Å². The van der Waals surface area contributed by atoms with Crippen LogP contribution >= 0.6 is 12.2 Å². The largest absolute Gasteiger partial charge is 0.411 e. The number of H-pyrrole nitrogens is 1. The van der Waals surface area contributed by atoms with E-state index in [-0.39, 0.29) is 18.8 Å². The molecular formula is C14H14F3N3O2S. The summed E-state index contributed by atoms with van der Waals surface area (Å²) in [6.45, 7) is -1.61. The van der Waals surface area contributed by atoms with Gasteiger partial charge in [-0.05, 0) is 24.4 Å². The molecule has 2 rings (SSSR count). The van der Waals surface area contributed by atoms with Crippen molar-refractivity contribution in [2.45, 2.75) is 6.18 Å². The Balaban J connectivity index is 1.97. The number of benzene rings is 1. The number of alkyl halides is 3. The molecule has 1 aromatic carbocycles. The molecule has 9 heteroatoms. The van der Waals surface area contributed by atoms with Crippen molar-refractivity contribution in [3.8, 4) is 5.69 Å². The predicted molar refractivity (Wildman–Crippen MR) is 80.2 cm³/mol. The lowest BCUT2D eigenvalue weighted by atomic mass is 10.3. The first kappa shape index (κ1) is 17.2. The summed E-state index contributed by atoms with van der Waals surface area (Å²) < 4.78 is 42.1. The van der Waals surface area contributed by atoms with Crippen LogP contribution in [0.5, 0.6) is 0 Å². The van der Waals surface area contributed by atoms with Crippen LogP contribution in [-0.2, 0) is 4.74 Å². The van der Waals surface area contributed by atoms with Crippen LogP contribution in [0.15, 0.2) is 36.5 Å². The first-order valence-electron chi connectivity index (χ1n) is 6.67. The Morgan fingerprint density at radius 2 is 2.00 bits per heavy atom. The predicted octanol–water partition coefficient (Wildman–Crippen LogP) is 2.84. The van der Waals surface area contributed by atoms with Gasteiger partial charge in [-0.3, -0.25) is 9.36 Å². The Morgan fingerprint density at radius 1 is 1.30 bits per heavy atom. The van der Waals surface area contributed by atoms with Crippen molar-refractivity contribution in [3.63, 3.8) is 0 Å². The van der Waals surface area contributed by atoms with Crippen molar-refractivity contribution in [3.05, 3.63) is 47.0 Å². The van der Waals surface area contributed by atoms with E-state index >= 15 is 0 Å². The monoisotopic (exact) mass is 345 g/mol. The molecule has 0 spiro atoms. The molecule has 0 aliphatic heterocycles. The summed E-state index contributed by atoms with van der Waals surface area (Å²) in [6, 6.07) is 9.00. The zero-order valence-electron chi connectivity index (χ0n) is 11.9. The molecule has 0 fully saturated rings. The minimum absolute atomic E-state index is 0.0400.